The van der Waals surface area contributed by atoms with Crippen LogP contribution in [-0.4, -0.2) is 6.04 Å². The molecule has 3 unspecified atom stereocenters. The highest BCUT2D eigenvalue weighted by Crippen LogP contribution is 2.28. The van der Waals surface area contributed by atoms with Gasteiger partial charge in [-0.05, 0) is 42.9 Å². The summed E-state index contributed by atoms with van der Waals surface area (Å²) in [6, 6.07) is 9.42. The highest BCUT2D eigenvalue weighted by Gasteiger charge is 2.25. The molecular formula is C15H22ClN. The van der Waals surface area contributed by atoms with Crippen LogP contribution in [0.15, 0.2) is 24.3 Å². The van der Waals surface area contributed by atoms with E-state index in [1.54, 1.807) is 0 Å². The molecule has 1 fully saturated rings. The maximum atomic E-state index is 5.93. The molecule has 0 saturated heterocycles. The topological polar surface area (TPSA) is 12.0 Å². The molecule has 1 saturated carbocycles. The van der Waals surface area contributed by atoms with Gasteiger partial charge in [-0.1, -0.05) is 44.0 Å². The first-order valence-corrected chi connectivity index (χ1v) is 7.10. The van der Waals surface area contributed by atoms with E-state index in [0.29, 0.717) is 12.1 Å². The first-order valence-electron chi connectivity index (χ1n) is 6.72. The van der Waals surface area contributed by atoms with Gasteiger partial charge in [-0.25, -0.2) is 0 Å². The van der Waals surface area contributed by atoms with Crippen LogP contribution in [0.25, 0.3) is 0 Å². The third-order valence-electron chi connectivity index (χ3n) is 3.96. The molecule has 0 bridgehead atoms. The molecule has 0 spiro atoms. The summed E-state index contributed by atoms with van der Waals surface area (Å²) in [5.41, 5.74) is 1.36. The van der Waals surface area contributed by atoms with E-state index in [1.807, 2.05) is 12.1 Å². The third kappa shape index (κ3) is 3.23. The van der Waals surface area contributed by atoms with E-state index >= 15 is 0 Å². The predicted molar refractivity (Wildman–Crippen MR) is 74.4 cm³/mol. The fraction of sp³-hybridized carbons (Fsp3) is 0.600. The smallest absolute Gasteiger partial charge is 0.0406 e. The van der Waals surface area contributed by atoms with Crippen molar-refractivity contribution in [2.45, 2.75) is 51.6 Å². The van der Waals surface area contributed by atoms with E-state index in [-0.39, 0.29) is 0 Å². The summed E-state index contributed by atoms with van der Waals surface area (Å²) in [4.78, 5) is 0. The van der Waals surface area contributed by atoms with E-state index in [1.165, 1.54) is 24.8 Å². The average molecular weight is 252 g/mol. The van der Waals surface area contributed by atoms with Gasteiger partial charge in [0, 0.05) is 17.1 Å². The van der Waals surface area contributed by atoms with Gasteiger partial charge < -0.3 is 5.32 Å². The van der Waals surface area contributed by atoms with E-state index < -0.39 is 0 Å². The Bertz CT molecular complexity index is 346. The zero-order chi connectivity index (χ0) is 12.3. The van der Waals surface area contributed by atoms with Gasteiger partial charge in [0.2, 0.25) is 0 Å². The molecule has 1 aromatic rings. The van der Waals surface area contributed by atoms with Crippen molar-refractivity contribution in [3.63, 3.8) is 0 Å². The zero-order valence-corrected chi connectivity index (χ0v) is 11.5. The van der Waals surface area contributed by atoms with Gasteiger partial charge in [0.05, 0.1) is 0 Å². The molecule has 2 heteroatoms. The minimum atomic E-state index is 0.470. The Balaban J connectivity index is 2.03. The maximum absolute atomic E-state index is 5.93. The highest BCUT2D eigenvalue weighted by molar-refractivity contribution is 6.30. The standard InChI is InChI=1S/C15H22ClN/c1-3-14(12-7-9-13(16)10-8-12)17-15-6-4-5-11(15)2/h7-11,14-15,17H,3-6H2,1-2H3. The second kappa shape index (κ2) is 5.88. The molecule has 94 valence electrons. The summed E-state index contributed by atoms with van der Waals surface area (Å²) in [6.07, 6.45) is 5.20. The van der Waals surface area contributed by atoms with Crippen LogP contribution in [0.4, 0.5) is 0 Å². The summed E-state index contributed by atoms with van der Waals surface area (Å²) in [6.45, 7) is 4.60. The average Bonchev–Trinajstić information content (AvgIpc) is 2.73. The van der Waals surface area contributed by atoms with Crippen molar-refractivity contribution in [3.8, 4) is 0 Å². The van der Waals surface area contributed by atoms with E-state index in [0.717, 1.165) is 17.4 Å². The van der Waals surface area contributed by atoms with E-state index in [4.69, 9.17) is 11.6 Å². The maximum Gasteiger partial charge on any atom is 0.0406 e. The third-order valence-corrected chi connectivity index (χ3v) is 4.21. The normalized spacial score (nSPS) is 26.1. The zero-order valence-electron chi connectivity index (χ0n) is 10.7. The van der Waals surface area contributed by atoms with Crippen LogP contribution in [0, 0.1) is 5.92 Å². The Morgan fingerprint density at radius 1 is 1.29 bits per heavy atom. The SMILES string of the molecule is CCC(NC1CCCC1C)c1ccc(Cl)cc1. The molecule has 0 heterocycles. The van der Waals surface area contributed by atoms with Gasteiger partial charge in [0.15, 0.2) is 0 Å². The summed E-state index contributed by atoms with van der Waals surface area (Å²) >= 11 is 5.93. The van der Waals surface area contributed by atoms with Crippen LogP contribution >= 0.6 is 11.6 Å². The van der Waals surface area contributed by atoms with E-state index in [2.05, 4.69) is 31.3 Å². The largest absolute Gasteiger partial charge is 0.307 e. The van der Waals surface area contributed by atoms with Crippen molar-refractivity contribution in [3.05, 3.63) is 34.9 Å². The van der Waals surface area contributed by atoms with Crippen LogP contribution in [0.5, 0.6) is 0 Å². The lowest BCUT2D eigenvalue weighted by Crippen LogP contribution is -2.34. The van der Waals surface area contributed by atoms with Crippen molar-refractivity contribution in [2.24, 2.45) is 5.92 Å². The van der Waals surface area contributed by atoms with Gasteiger partial charge in [-0.15, -0.1) is 0 Å². The fourth-order valence-corrected chi connectivity index (χ4v) is 2.92. The first kappa shape index (κ1) is 12.9. The molecule has 17 heavy (non-hydrogen) atoms. The Morgan fingerprint density at radius 2 is 2.00 bits per heavy atom. The van der Waals surface area contributed by atoms with Crippen molar-refractivity contribution < 1.29 is 0 Å². The quantitative estimate of drug-likeness (QED) is 0.827. The van der Waals surface area contributed by atoms with Crippen LogP contribution in [0.1, 0.15) is 51.1 Å². The molecule has 0 amide bonds. The van der Waals surface area contributed by atoms with Crippen molar-refractivity contribution in [1.82, 2.24) is 5.32 Å². The number of benzene rings is 1. The molecule has 1 N–H and O–H groups in total. The highest BCUT2D eigenvalue weighted by atomic mass is 35.5. The molecule has 0 aliphatic heterocycles. The molecule has 1 aromatic carbocycles. The van der Waals surface area contributed by atoms with Crippen LogP contribution in [0.2, 0.25) is 5.02 Å². The molecule has 0 radical (unpaired) electrons. The van der Waals surface area contributed by atoms with Crippen LogP contribution in [-0.2, 0) is 0 Å². The van der Waals surface area contributed by atoms with E-state index in [9.17, 15) is 0 Å². The molecule has 3 atom stereocenters. The number of rotatable bonds is 4. The van der Waals surface area contributed by atoms with Crippen molar-refractivity contribution in [2.75, 3.05) is 0 Å². The summed E-state index contributed by atoms with van der Waals surface area (Å²) in [5, 5.41) is 4.63. The van der Waals surface area contributed by atoms with Gasteiger partial charge >= 0.3 is 0 Å². The lowest BCUT2D eigenvalue weighted by molar-refractivity contribution is 0.370. The fourth-order valence-electron chi connectivity index (χ4n) is 2.80. The second-order valence-electron chi connectivity index (χ2n) is 5.19. The lowest BCUT2D eigenvalue weighted by Gasteiger charge is -2.25. The molecule has 2 rings (SSSR count). The minimum absolute atomic E-state index is 0.470. The number of halogens is 1. The van der Waals surface area contributed by atoms with Gasteiger partial charge in [0.25, 0.3) is 0 Å². The Morgan fingerprint density at radius 3 is 2.53 bits per heavy atom. The predicted octanol–water partition coefficient (Wildman–Crippen LogP) is 4.57. The molecular weight excluding hydrogens is 230 g/mol. The van der Waals surface area contributed by atoms with Crippen LogP contribution in [0.3, 0.4) is 0 Å². The van der Waals surface area contributed by atoms with Crippen LogP contribution < -0.4 is 5.32 Å². The first-order chi connectivity index (χ1) is 8.20. The molecule has 1 nitrogen and oxygen atoms in total. The molecule has 1 aliphatic rings. The molecule has 0 aromatic heterocycles. The van der Waals surface area contributed by atoms with Gasteiger partial charge in [-0.2, -0.15) is 0 Å². The monoisotopic (exact) mass is 251 g/mol. The van der Waals surface area contributed by atoms with Crippen molar-refractivity contribution in [1.29, 1.82) is 0 Å². The lowest BCUT2D eigenvalue weighted by atomic mass is 10.00. The number of hydrogen-bond donors (Lipinski definition) is 1. The Labute approximate surface area is 110 Å². The summed E-state index contributed by atoms with van der Waals surface area (Å²) in [7, 11) is 0. The summed E-state index contributed by atoms with van der Waals surface area (Å²) in [5.74, 6) is 0.816. The number of hydrogen-bond acceptors (Lipinski definition) is 1. The van der Waals surface area contributed by atoms with Crippen molar-refractivity contribution >= 4 is 11.6 Å². The molecule has 1 aliphatic carbocycles. The number of nitrogens with one attached hydrogen (secondary N) is 1. The van der Waals surface area contributed by atoms with Gasteiger partial charge in [0.1, 0.15) is 0 Å². The second-order valence-corrected chi connectivity index (χ2v) is 5.63. The Hall–Kier alpha value is -0.530. The van der Waals surface area contributed by atoms with Gasteiger partial charge in [-0.3, -0.25) is 0 Å². The minimum Gasteiger partial charge on any atom is -0.307 e. The summed E-state index contributed by atoms with van der Waals surface area (Å²) < 4.78 is 0. The Kier molecular flexibility index (Phi) is 4.47.